The van der Waals surface area contributed by atoms with Gasteiger partial charge in [-0.2, -0.15) is 0 Å². The molecule has 13 nitrogen and oxygen atoms in total. The van der Waals surface area contributed by atoms with Crippen LogP contribution < -0.4 is 10.6 Å². The van der Waals surface area contributed by atoms with Crippen LogP contribution in [0.5, 0.6) is 0 Å². The Balaban J connectivity index is 1.81. The highest BCUT2D eigenvalue weighted by Gasteiger charge is 2.20. The van der Waals surface area contributed by atoms with E-state index in [1.807, 2.05) is 48.5 Å². The lowest BCUT2D eigenvalue weighted by Gasteiger charge is -2.28. The molecule has 0 aromatic heterocycles. The zero-order valence-electron chi connectivity index (χ0n) is 38.8. The van der Waals surface area contributed by atoms with Crippen molar-refractivity contribution in [3.8, 4) is 0 Å². The molecule has 0 radical (unpaired) electrons. The van der Waals surface area contributed by atoms with Crippen LogP contribution >= 0.6 is 0 Å². The van der Waals surface area contributed by atoms with Gasteiger partial charge in [-0.1, -0.05) is 154 Å². The van der Waals surface area contributed by atoms with E-state index in [2.05, 4.69) is 24.5 Å². The number of aliphatic carboxylic acids is 3. The van der Waals surface area contributed by atoms with Crippen molar-refractivity contribution < 1.29 is 39.3 Å². The third-order valence-electron chi connectivity index (χ3n) is 11.4. The first-order valence-electron chi connectivity index (χ1n) is 24.1. The van der Waals surface area contributed by atoms with E-state index in [0.717, 1.165) is 25.7 Å². The molecule has 0 heterocycles. The normalized spacial score (nSPS) is 11.4. The fraction of sp³-hybridized carbons (Fsp3) is 0.660. The lowest BCUT2D eigenvalue weighted by atomic mass is 10.0. The first-order chi connectivity index (χ1) is 30.5. The number of anilines is 2. The minimum absolute atomic E-state index is 0.0688. The van der Waals surface area contributed by atoms with E-state index in [1.54, 1.807) is 4.90 Å². The number of carbonyl (C=O) groups is 5. The van der Waals surface area contributed by atoms with Crippen molar-refractivity contribution in [2.24, 2.45) is 0 Å². The number of nitrogens with zero attached hydrogens (tertiary/aromatic N) is 3. The molecule has 0 saturated heterocycles. The monoisotopic (exact) mass is 880 g/mol. The Morgan fingerprint density at radius 2 is 0.651 bits per heavy atom. The van der Waals surface area contributed by atoms with E-state index >= 15 is 0 Å². The van der Waals surface area contributed by atoms with Crippen molar-refractivity contribution in [3.05, 3.63) is 59.7 Å². The van der Waals surface area contributed by atoms with Crippen LogP contribution in [0, 0.1) is 0 Å². The average Bonchev–Trinajstić information content (AvgIpc) is 3.23. The predicted molar refractivity (Wildman–Crippen MR) is 253 cm³/mol. The van der Waals surface area contributed by atoms with Gasteiger partial charge in [0.1, 0.15) is 0 Å². The molecule has 2 amide bonds. The van der Waals surface area contributed by atoms with Gasteiger partial charge < -0.3 is 26.0 Å². The van der Waals surface area contributed by atoms with Crippen molar-refractivity contribution in [3.63, 3.8) is 0 Å². The molecule has 0 unspecified atom stereocenters. The molecule has 354 valence electrons. The van der Waals surface area contributed by atoms with Crippen LogP contribution in [0.3, 0.4) is 0 Å². The summed E-state index contributed by atoms with van der Waals surface area (Å²) in [4.78, 5) is 65.6. The second-order valence-corrected chi connectivity index (χ2v) is 17.2. The highest BCUT2D eigenvalue weighted by Crippen LogP contribution is 2.17. The van der Waals surface area contributed by atoms with Gasteiger partial charge in [-0.15, -0.1) is 0 Å². The molecule has 0 aliphatic heterocycles. The van der Waals surface area contributed by atoms with Gasteiger partial charge in [0.2, 0.25) is 11.8 Å². The van der Waals surface area contributed by atoms with Crippen LogP contribution in [0.25, 0.3) is 0 Å². The van der Waals surface area contributed by atoms with Crippen molar-refractivity contribution in [2.75, 3.05) is 69.5 Å². The number of rotatable bonds is 40. The molecule has 2 aromatic carbocycles. The number of carboxylic acids is 3. The number of nitrogens with one attached hydrogen (secondary N) is 2. The fourth-order valence-corrected chi connectivity index (χ4v) is 7.79. The smallest absolute Gasteiger partial charge is 0.317 e. The Hall–Kier alpha value is -4.33. The van der Waals surface area contributed by atoms with E-state index in [0.29, 0.717) is 11.4 Å². The summed E-state index contributed by atoms with van der Waals surface area (Å²) in [6, 6.07) is 15.4. The van der Waals surface area contributed by atoms with Crippen molar-refractivity contribution >= 4 is 41.1 Å². The van der Waals surface area contributed by atoms with Crippen LogP contribution in [0.2, 0.25) is 0 Å². The largest absolute Gasteiger partial charge is 0.480 e. The predicted octanol–water partition coefficient (Wildman–Crippen LogP) is 9.35. The summed E-state index contributed by atoms with van der Waals surface area (Å²) in [5.41, 5.74) is 3.60. The van der Waals surface area contributed by atoms with Crippen LogP contribution in [-0.4, -0.2) is 119 Å². The van der Waals surface area contributed by atoms with Gasteiger partial charge in [0.05, 0.1) is 32.7 Å². The Morgan fingerprint density at radius 1 is 0.381 bits per heavy atom. The highest BCUT2D eigenvalue weighted by molar-refractivity contribution is 5.93. The summed E-state index contributed by atoms with van der Waals surface area (Å²) >= 11 is 0. The van der Waals surface area contributed by atoms with Crippen molar-refractivity contribution in [1.82, 2.24) is 14.7 Å². The number of unbranched alkanes of at least 4 members (excludes halogenated alkanes) is 18. The number of hydrogen-bond acceptors (Lipinski definition) is 8. The number of carboxylic acid groups (broad SMARTS) is 3. The molecule has 0 aliphatic rings. The lowest BCUT2D eigenvalue weighted by molar-refractivity contribution is -0.140. The molecule has 13 heteroatoms. The van der Waals surface area contributed by atoms with Gasteiger partial charge in [-0.05, 0) is 61.1 Å². The number of aryl methyl sites for hydroxylation is 2. The van der Waals surface area contributed by atoms with Crippen LogP contribution in [-0.2, 0) is 36.8 Å². The third-order valence-corrected chi connectivity index (χ3v) is 11.4. The molecule has 0 bridgehead atoms. The van der Waals surface area contributed by atoms with Gasteiger partial charge >= 0.3 is 17.9 Å². The molecule has 2 aromatic rings. The minimum Gasteiger partial charge on any atom is -0.480 e. The number of hydrogen-bond donors (Lipinski definition) is 5. The number of amides is 2. The summed E-state index contributed by atoms with van der Waals surface area (Å²) < 4.78 is 0. The lowest BCUT2D eigenvalue weighted by Crippen LogP contribution is -2.46. The second kappa shape index (κ2) is 35.1. The second-order valence-electron chi connectivity index (χ2n) is 17.2. The van der Waals surface area contributed by atoms with Crippen molar-refractivity contribution in [2.45, 2.75) is 155 Å². The topological polar surface area (TPSA) is 180 Å². The van der Waals surface area contributed by atoms with Crippen LogP contribution in [0.1, 0.15) is 153 Å². The summed E-state index contributed by atoms with van der Waals surface area (Å²) in [6.07, 6.45) is 27.5. The van der Waals surface area contributed by atoms with Crippen molar-refractivity contribution in [1.29, 1.82) is 0 Å². The van der Waals surface area contributed by atoms with Gasteiger partial charge in [0.15, 0.2) is 0 Å². The maximum Gasteiger partial charge on any atom is 0.317 e. The first kappa shape index (κ1) is 54.8. The average molecular weight is 880 g/mol. The quantitative estimate of drug-likeness (QED) is 0.0403. The molecular formula is C50H81N5O8. The number of carbonyl (C=O) groups excluding carboxylic acids is 2. The maximum atomic E-state index is 13.0. The maximum absolute atomic E-state index is 13.0. The van der Waals surface area contributed by atoms with Gasteiger partial charge in [0.25, 0.3) is 0 Å². The first-order valence-corrected chi connectivity index (χ1v) is 24.1. The Kier molecular flexibility index (Phi) is 30.5. The minimum atomic E-state index is -1.13. The van der Waals surface area contributed by atoms with Gasteiger partial charge in [-0.3, -0.25) is 38.7 Å². The fourth-order valence-electron chi connectivity index (χ4n) is 7.79. The molecule has 5 N–H and O–H groups in total. The molecule has 2 rings (SSSR count). The third kappa shape index (κ3) is 29.6. The van der Waals surface area contributed by atoms with E-state index in [-0.39, 0.29) is 39.3 Å². The van der Waals surface area contributed by atoms with E-state index in [9.17, 15) is 39.3 Å². The molecular weight excluding hydrogens is 799 g/mol. The molecule has 0 atom stereocenters. The SMILES string of the molecule is CCCCCCCCCCCCc1ccc(NC(=O)CN(CCN(CCN(CC(=O)O)CC(=O)Nc2ccc(CCCCCCCCCCCC)cc2)CC(=O)O)CC(=O)O)cc1. The number of benzene rings is 2. The molecule has 0 aliphatic carbocycles. The molecule has 0 spiro atoms. The van der Waals surface area contributed by atoms with E-state index < -0.39 is 49.4 Å². The summed E-state index contributed by atoms with van der Waals surface area (Å²) in [6.45, 7) is 3.10. The Labute approximate surface area is 378 Å². The zero-order chi connectivity index (χ0) is 45.9. The van der Waals surface area contributed by atoms with Crippen LogP contribution in [0.4, 0.5) is 11.4 Å². The van der Waals surface area contributed by atoms with Crippen LogP contribution in [0.15, 0.2) is 48.5 Å². The van der Waals surface area contributed by atoms with E-state index in [1.165, 1.54) is 137 Å². The molecule has 0 saturated carbocycles. The highest BCUT2D eigenvalue weighted by atomic mass is 16.4. The Bertz CT molecular complexity index is 1450. The van der Waals surface area contributed by atoms with E-state index in [4.69, 9.17) is 0 Å². The molecule has 63 heavy (non-hydrogen) atoms. The standard InChI is InChI=1S/C50H81N5O8/c1-3-5-7-9-11-13-15-17-19-21-23-42-25-29-44(30-26-42)51-46(56)37-54(40-49(60)61)35-33-53(39-48(58)59)34-36-55(41-50(62)63)38-47(57)52-45-31-27-43(28-32-45)24-22-20-18-16-14-12-10-8-6-4-2/h25-32H,3-24,33-41H2,1-2H3,(H,51,56)(H,52,57)(H,58,59)(H,60,61)(H,62,63). The molecule has 0 fully saturated rings. The summed E-state index contributed by atoms with van der Waals surface area (Å²) in [7, 11) is 0. The van der Waals surface area contributed by atoms with Gasteiger partial charge in [-0.25, -0.2) is 0 Å². The summed E-state index contributed by atoms with van der Waals surface area (Å²) in [5, 5.41) is 34.4. The zero-order valence-corrected chi connectivity index (χ0v) is 38.8. The Morgan fingerprint density at radius 3 is 0.952 bits per heavy atom. The summed E-state index contributed by atoms with van der Waals surface area (Å²) in [5.74, 6) is -4.18. The van der Waals surface area contributed by atoms with Gasteiger partial charge in [0, 0.05) is 37.6 Å².